The maximum Gasteiger partial charge on any atom is 0.234 e. The molecule has 1 amide bonds. The predicted molar refractivity (Wildman–Crippen MR) is 103 cm³/mol. The summed E-state index contributed by atoms with van der Waals surface area (Å²) in [5.41, 5.74) is 2.40. The minimum Gasteiger partial charge on any atom is -0.348 e. The third-order valence-electron chi connectivity index (χ3n) is 4.80. The fourth-order valence-electron chi connectivity index (χ4n) is 3.22. The van der Waals surface area contributed by atoms with Crippen LogP contribution in [0.3, 0.4) is 0 Å². The molecule has 0 unspecified atom stereocenters. The number of nitrogens with one attached hydrogen (secondary N) is 1. The second kappa shape index (κ2) is 8.76. The summed E-state index contributed by atoms with van der Waals surface area (Å²) in [6.45, 7) is 7.97. The van der Waals surface area contributed by atoms with Gasteiger partial charge in [0.05, 0.1) is 12.6 Å². The van der Waals surface area contributed by atoms with E-state index in [1.807, 2.05) is 6.07 Å². The molecule has 1 atom stereocenters. The fraction of sp³-hybridized carbons (Fsp3) is 0.450. The van der Waals surface area contributed by atoms with E-state index in [0.717, 1.165) is 44.1 Å². The Morgan fingerprint density at radius 2 is 1.77 bits per heavy atom. The maximum absolute atomic E-state index is 12.5. The van der Waals surface area contributed by atoms with Crippen molar-refractivity contribution in [2.45, 2.75) is 26.3 Å². The van der Waals surface area contributed by atoms with Gasteiger partial charge in [-0.2, -0.15) is 0 Å². The van der Waals surface area contributed by atoms with E-state index in [4.69, 9.17) is 0 Å². The van der Waals surface area contributed by atoms with Crippen molar-refractivity contribution in [1.29, 1.82) is 0 Å². The number of hydrogen-bond acceptors (Lipinski definition) is 5. The number of aryl methyl sites for hydroxylation is 1. The number of nitrogens with zero attached hydrogens (tertiary/aromatic N) is 4. The summed E-state index contributed by atoms with van der Waals surface area (Å²) in [5.74, 6) is 0.851. The second-order valence-corrected chi connectivity index (χ2v) is 6.75. The Morgan fingerprint density at radius 3 is 2.38 bits per heavy atom. The zero-order valence-electron chi connectivity index (χ0n) is 15.6. The molecule has 6 nitrogen and oxygen atoms in total. The Kier molecular flexibility index (Phi) is 6.17. The highest BCUT2D eigenvalue weighted by Gasteiger charge is 2.21. The molecule has 1 aromatic heterocycles. The molecule has 138 valence electrons. The van der Waals surface area contributed by atoms with Gasteiger partial charge in [0.1, 0.15) is 0 Å². The molecule has 1 aliphatic rings. The van der Waals surface area contributed by atoms with Crippen LogP contribution in [0.2, 0.25) is 0 Å². The fourth-order valence-corrected chi connectivity index (χ4v) is 3.22. The van der Waals surface area contributed by atoms with Crippen molar-refractivity contribution in [1.82, 2.24) is 20.2 Å². The third kappa shape index (κ3) is 4.79. The number of carbonyl (C=O) groups excluding carboxylic acids is 1. The molecule has 0 aliphatic carbocycles. The lowest BCUT2D eigenvalue weighted by Gasteiger charge is -2.34. The molecule has 2 aromatic rings. The first-order valence-corrected chi connectivity index (χ1v) is 9.26. The zero-order chi connectivity index (χ0) is 18.4. The van der Waals surface area contributed by atoms with E-state index in [1.165, 1.54) is 5.56 Å². The van der Waals surface area contributed by atoms with Crippen LogP contribution in [-0.2, 0) is 4.79 Å². The van der Waals surface area contributed by atoms with E-state index in [2.05, 4.69) is 63.2 Å². The first-order chi connectivity index (χ1) is 12.7. The standard InChI is InChI=1S/C20H27N5O/c1-3-18(17-7-5-16(2)6-8-17)23-19(26)15-24-11-13-25(14-12-24)20-21-9-4-10-22-20/h4-10,18H,3,11-15H2,1-2H3,(H,23,26)/t18-/m1/s1. The molecule has 0 radical (unpaired) electrons. The van der Waals surface area contributed by atoms with Gasteiger partial charge in [0, 0.05) is 38.6 Å². The van der Waals surface area contributed by atoms with Crippen LogP contribution in [0.15, 0.2) is 42.7 Å². The molecule has 3 rings (SSSR count). The van der Waals surface area contributed by atoms with Gasteiger partial charge in [0.15, 0.2) is 0 Å². The summed E-state index contributed by atoms with van der Waals surface area (Å²) >= 11 is 0. The van der Waals surface area contributed by atoms with E-state index >= 15 is 0 Å². The van der Waals surface area contributed by atoms with Gasteiger partial charge in [0.2, 0.25) is 11.9 Å². The lowest BCUT2D eigenvalue weighted by Crippen LogP contribution is -2.50. The van der Waals surface area contributed by atoms with Crippen LogP contribution in [-0.4, -0.2) is 53.5 Å². The molecule has 0 spiro atoms. The number of anilines is 1. The minimum absolute atomic E-state index is 0.0714. The Morgan fingerprint density at radius 1 is 1.12 bits per heavy atom. The molecule has 6 heteroatoms. The topological polar surface area (TPSA) is 61.4 Å². The monoisotopic (exact) mass is 353 g/mol. The number of hydrogen-bond donors (Lipinski definition) is 1. The first kappa shape index (κ1) is 18.3. The molecule has 0 saturated carbocycles. The smallest absolute Gasteiger partial charge is 0.234 e. The van der Waals surface area contributed by atoms with Crippen molar-refractivity contribution in [3.63, 3.8) is 0 Å². The van der Waals surface area contributed by atoms with Gasteiger partial charge in [-0.3, -0.25) is 9.69 Å². The number of carbonyl (C=O) groups is 1. The van der Waals surface area contributed by atoms with Crippen molar-refractivity contribution in [3.8, 4) is 0 Å². The van der Waals surface area contributed by atoms with Gasteiger partial charge in [-0.05, 0) is 25.0 Å². The number of aromatic nitrogens is 2. The van der Waals surface area contributed by atoms with Crippen molar-refractivity contribution in [2.75, 3.05) is 37.6 Å². The highest BCUT2D eigenvalue weighted by molar-refractivity contribution is 5.78. The molecule has 2 heterocycles. The van der Waals surface area contributed by atoms with Crippen LogP contribution in [0.5, 0.6) is 0 Å². The van der Waals surface area contributed by atoms with Crippen LogP contribution >= 0.6 is 0 Å². The van der Waals surface area contributed by atoms with Crippen LogP contribution in [0.1, 0.15) is 30.5 Å². The lowest BCUT2D eigenvalue weighted by atomic mass is 10.0. The molecule has 1 fully saturated rings. The molecular formula is C20H27N5O. The molecular weight excluding hydrogens is 326 g/mol. The van der Waals surface area contributed by atoms with Gasteiger partial charge in [-0.25, -0.2) is 9.97 Å². The van der Waals surface area contributed by atoms with Crippen molar-refractivity contribution >= 4 is 11.9 Å². The molecule has 1 aliphatic heterocycles. The molecule has 1 saturated heterocycles. The summed E-state index contributed by atoms with van der Waals surface area (Å²) in [4.78, 5) is 25.4. The van der Waals surface area contributed by atoms with Crippen LogP contribution < -0.4 is 10.2 Å². The van der Waals surface area contributed by atoms with Gasteiger partial charge in [-0.15, -0.1) is 0 Å². The van der Waals surface area contributed by atoms with Crippen LogP contribution in [0.25, 0.3) is 0 Å². The summed E-state index contributed by atoms with van der Waals surface area (Å²) < 4.78 is 0. The van der Waals surface area contributed by atoms with E-state index in [-0.39, 0.29) is 11.9 Å². The maximum atomic E-state index is 12.5. The summed E-state index contributed by atoms with van der Waals surface area (Å²) in [6, 6.07) is 10.3. The lowest BCUT2D eigenvalue weighted by molar-refractivity contribution is -0.123. The van der Waals surface area contributed by atoms with Crippen LogP contribution in [0, 0.1) is 6.92 Å². The zero-order valence-corrected chi connectivity index (χ0v) is 15.6. The van der Waals surface area contributed by atoms with Crippen LogP contribution in [0.4, 0.5) is 5.95 Å². The second-order valence-electron chi connectivity index (χ2n) is 6.75. The summed E-state index contributed by atoms with van der Waals surface area (Å²) in [5, 5.41) is 3.17. The van der Waals surface area contributed by atoms with E-state index < -0.39 is 0 Å². The average molecular weight is 353 g/mol. The van der Waals surface area contributed by atoms with Crippen molar-refractivity contribution in [3.05, 3.63) is 53.9 Å². The predicted octanol–water partition coefficient (Wildman–Crippen LogP) is 2.17. The quantitative estimate of drug-likeness (QED) is 0.862. The molecule has 1 N–H and O–H groups in total. The average Bonchev–Trinajstić information content (AvgIpc) is 2.68. The van der Waals surface area contributed by atoms with Gasteiger partial charge >= 0.3 is 0 Å². The van der Waals surface area contributed by atoms with Crippen molar-refractivity contribution in [2.24, 2.45) is 0 Å². The normalized spacial score (nSPS) is 16.3. The van der Waals surface area contributed by atoms with E-state index in [0.29, 0.717) is 6.54 Å². The Balaban J connectivity index is 1.48. The van der Waals surface area contributed by atoms with Gasteiger partial charge in [0.25, 0.3) is 0 Å². The summed E-state index contributed by atoms with van der Waals surface area (Å²) in [7, 11) is 0. The highest BCUT2D eigenvalue weighted by atomic mass is 16.2. The van der Waals surface area contributed by atoms with Gasteiger partial charge in [-0.1, -0.05) is 36.8 Å². The van der Waals surface area contributed by atoms with Gasteiger partial charge < -0.3 is 10.2 Å². The Bertz CT molecular complexity index is 696. The Hall–Kier alpha value is -2.47. The third-order valence-corrected chi connectivity index (χ3v) is 4.80. The largest absolute Gasteiger partial charge is 0.348 e. The number of rotatable bonds is 6. The number of amides is 1. The number of piperazine rings is 1. The highest BCUT2D eigenvalue weighted by Crippen LogP contribution is 2.17. The first-order valence-electron chi connectivity index (χ1n) is 9.26. The van der Waals surface area contributed by atoms with E-state index in [1.54, 1.807) is 12.4 Å². The molecule has 0 bridgehead atoms. The summed E-state index contributed by atoms with van der Waals surface area (Å²) in [6.07, 6.45) is 4.41. The van der Waals surface area contributed by atoms with Crippen molar-refractivity contribution < 1.29 is 4.79 Å². The molecule has 1 aromatic carbocycles. The Labute approximate surface area is 155 Å². The van der Waals surface area contributed by atoms with E-state index in [9.17, 15) is 4.79 Å². The minimum atomic E-state index is 0.0714. The molecule has 26 heavy (non-hydrogen) atoms. The number of benzene rings is 1. The SMILES string of the molecule is CC[C@@H](NC(=O)CN1CCN(c2ncccn2)CC1)c1ccc(C)cc1.